The Kier molecular flexibility index (Phi) is 3.19. The van der Waals surface area contributed by atoms with E-state index in [4.69, 9.17) is 4.74 Å². The maximum Gasteiger partial charge on any atom is 0.166 e. The molecule has 1 fully saturated rings. The Hall–Kier alpha value is -1.42. The molecule has 0 aromatic heterocycles. The van der Waals surface area contributed by atoms with Gasteiger partial charge in [-0.1, -0.05) is 0 Å². The largest absolute Gasteiger partial charge is 0.508 e. The van der Waals surface area contributed by atoms with Crippen LogP contribution in [0.25, 0.3) is 0 Å². The fourth-order valence-electron chi connectivity index (χ4n) is 1.91. The van der Waals surface area contributed by atoms with E-state index in [-0.39, 0.29) is 23.0 Å². The number of carbonyl (C=O) groups is 1. The lowest BCUT2D eigenvalue weighted by molar-refractivity contribution is 0.0544. The summed E-state index contributed by atoms with van der Waals surface area (Å²) in [5.74, 6) is -1.03. The summed E-state index contributed by atoms with van der Waals surface area (Å²) in [6, 6.07) is 3.46. The highest BCUT2D eigenvalue weighted by Crippen LogP contribution is 2.23. The molecule has 0 bridgehead atoms. The Bertz CT molecular complexity index is 377. The highest BCUT2D eigenvalue weighted by Gasteiger charge is 2.23. The van der Waals surface area contributed by atoms with Crippen molar-refractivity contribution in [3.63, 3.8) is 0 Å². The van der Waals surface area contributed by atoms with Gasteiger partial charge in [-0.2, -0.15) is 0 Å². The molecule has 1 aliphatic heterocycles. The van der Waals surface area contributed by atoms with Crippen molar-refractivity contribution in [1.82, 2.24) is 0 Å². The molecule has 16 heavy (non-hydrogen) atoms. The number of Topliss-reactive ketones (excluding diaryl/α,β-unsaturated/α-hetero) is 1. The minimum Gasteiger partial charge on any atom is -0.508 e. The third-order valence-corrected chi connectivity index (χ3v) is 2.76. The van der Waals surface area contributed by atoms with Gasteiger partial charge < -0.3 is 9.84 Å². The second kappa shape index (κ2) is 4.61. The van der Waals surface area contributed by atoms with Gasteiger partial charge in [-0.3, -0.25) is 4.79 Å². The van der Waals surface area contributed by atoms with Gasteiger partial charge in [-0.05, 0) is 25.0 Å². The molecule has 1 heterocycles. The highest BCUT2D eigenvalue weighted by atomic mass is 19.1. The summed E-state index contributed by atoms with van der Waals surface area (Å²) in [7, 11) is 0. The Labute approximate surface area is 92.9 Å². The molecule has 3 nitrogen and oxygen atoms in total. The minimum absolute atomic E-state index is 0.113. The summed E-state index contributed by atoms with van der Waals surface area (Å²) in [4.78, 5) is 12.0. The average molecular weight is 224 g/mol. The van der Waals surface area contributed by atoms with Gasteiger partial charge in [0.2, 0.25) is 0 Å². The van der Waals surface area contributed by atoms with Crippen LogP contribution in [-0.2, 0) is 4.74 Å². The molecule has 0 unspecified atom stereocenters. The molecule has 0 amide bonds. The van der Waals surface area contributed by atoms with Gasteiger partial charge in [-0.15, -0.1) is 0 Å². The van der Waals surface area contributed by atoms with E-state index in [1.54, 1.807) is 0 Å². The maximum atomic E-state index is 13.0. The number of hydrogen-bond donors (Lipinski definition) is 1. The van der Waals surface area contributed by atoms with Crippen molar-refractivity contribution in [2.24, 2.45) is 5.92 Å². The molecule has 4 heteroatoms. The molecule has 1 aromatic rings. The smallest absolute Gasteiger partial charge is 0.166 e. The molecule has 0 aliphatic carbocycles. The summed E-state index contributed by atoms with van der Waals surface area (Å²) in [5, 5.41) is 9.22. The molecule has 0 radical (unpaired) electrons. The summed E-state index contributed by atoms with van der Waals surface area (Å²) >= 11 is 0. The Morgan fingerprint density at radius 1 is 1.31 bits per heavy atom. The number of carbonyl (C=O) groups excluding carboxylic acids is 1. The van der Waals surface area contributed by atoms with Gasteiger partial charge in [0.15, 0.2) is 5.78 Å². The van der Waals surface area contributed by atoms with Crippen LogP contribution in [0.15, 0.2) is 18.2 Å². The standard InChI is InChI=1S/C12H13FO3/c13-10-5-9(6-11(14)7-10)12(15)8-1-3-16-4-2-8/h5-8,14H,1-4H2. The minimum atomic E-state index is -0.588. The van der Waals surface area contributed by atoms with Crippen molar-refractivity contribution in [3.05, 3.63) is 29.6 Å². The average Bonchev–Trinajstić information content (AvgIpc) is 2.28. The lowest BCUT2D eigenvalue weighted by atomic mass is 9.91. The molecule has 0 saturated carbocycles. The van der Waals surface area contributed by atoms with Crippen molar-refractivity contribution in [1.29, 1.82) is 0 Å². The summed E-state index contributed by atoms with van der Waals surface area (Å²) in [5.41, 5.74) is 0.240. The Balaban J connectivity index is 2.19. The van der Waals surface area contributed by atoms with Gasteiger partial charge in [0, 0.05) is 30.8 Å². The number of rotatable bonds is 2. The molecule has 1 aliphatic rings. The first-order valence-corrected chi connectivity index (χ1v) is 5.28. The quantitative estimate of drug-likeness (QED) is 0.783. The lowest BCUT2D eigenvalue weighted by Gasteiger charge is -2.20. The van der Waals surface area contributed by atoms with E-state index in [1.165, 1.54) is 6.07 Å². The third-order valence-electron chi connectivity index (χ3n) is 2.76. The van der Waals surface area contributed by atoms with Crippen molar-refractivity contribution >= 4 is 5.78 Å². The number of hydrogen-bond acceptors (Lipinski definition) is 3. The van der Waals surface area contributed by atoms with Crippen LogP contribution in [0.5, 0.6) is 5.75 Å². The fourth-order valence-corrected chi connectivity index (χ4v) is 1.91. The molecular formula is C12H13FO3. The molecule has 1 N–H and O–H groups in total. The molecule has 0 atom stereocenters. The van der Waals surface area contributed by atoms with Crippen LogP contribution in [0, 0.1) is 11.7 Å². The first-order valence-electron chi connectivity index (χ1n) is 5.28. The van der Waals surface area contributed by atoms with E-state index in [1.807, 2.05) is 0 Å². The van der Waals surface area contributed by atoms with E-state index >= 15 is 0 Å². The maximum absolute atomic E-state index is 13.0. The van der Waals surface area contributed by atoms with Gasteiger partial charge in [-0.25, -0.2) is 4.39 Å². The van der Waals surface area contributed by atoms with E-state index in [0.29, 0.717) is 26.1 Å². The number of ketones is 1. The number of phenols is 1. The topological polar surface area (TPSA) is 46.5 Å². The molecule has 1 aromatic carbocycles. The molecule has 1 saturated heterocycles. The fraction of sp³-hybridized carbons (Fsp3) is 0.417. The van der Waals surface area contributed by atoms with Gasteiger partial charge >= 0.3 is 0 Å². The number of aromatic hydroxyl groups is 1. The third kappa shape index (κ3) is 2.39. The Morgan fingerprint density at radius 2 is 2.00 bits per heavy atom. The van der Waals surface area contributed by atoms with Crippen molar-refractivity contribution in [2.45, 2.75) is 12.8 Å². The van der Waals surface area contributed by atoms with Crippen LogP contribution in [0.2, 0.25) is 0 Å². The monoisotopic (exact) mass is 224 g/mol. The zero-order chi connectivity index (χ0) is 11.5. The number of ether oxygens (including phenoxy) is 1. The van der Waals surface area contributed by atoms with Crippen LogP contribution in [0.3, 0.4) is 0 Å². The van der Waals surface area contributed by atoms with Gasteiger partial charge in [0.05, 0.1) is 0 Å². The predicted molar refractivity (Wildman–Crippen MR) is 55.9 cm³/mol. The van der Waals surface area contributed by atoms with Crippen LogP contribution in [0.1, 0.15) is 23.2 Å². The van der Waals surface area contributed by atoms with Gasteiger partial charge in [0.1, 0.15) is 11.6 Å². The van der Waals surface area contributed by atoms with Crippen LogP contribution in [-0.4, -0.2) is 24.1 Å². The number of phenolic OH excluding ortho intramolecular Hbond substituents is 1. The zero-order valence-electron chi connectivity index (χ0n) is 8.78. The normalized spacial score (nSPS) is 17.3. The molecule has 0 spiro atoms. The van der Waals surface area contributed by atoms with Crippen LogP contribution in [0.4, 0.5) is 4.39 Å². The van der Waals surface area contributed by atoms with E-state index in [9.17, 15) is 14.3 Å². The van der Waals surface area contributed by atoms with Crippen LogP contribution < -0.4 is 0 Å². The van der Waals surface area contributed by atoms with E-state index in [0.717, 1.165) is 12.1 Å². The summed E-state index contributed by atoms with van der Waals surface area (Å²) in [6.07, 6.45) is 1.33. The van der Waals surface area contributed by atoms with Crippen molar-refractivity contribution < 1.29 is 19.0 Å². The highest BCUT2D eigenvalue weighted by molar-refractivity contribution is 5.98. The number of benzene rings is 1. The zero-order valence-corrected chi connectivity index (χ0v) is 8.78. The van der Waals surface area contributed by atoms with E-state index in [2.05, 4.69) is 0 Å². The van der Waals surface area contributed by atoms with E-state index < -0.39 is 5.82 Å². The van der Waals surface area contributed by atoms with Crippen molar-refractivity contribution in [3.8, 4) is 5.75 Å². The molecule has 2 rings (SSSR count). The Morgan fingerprint density at radius 3 is 2.62 bits per heavy atom. The molecular weight excluding hydrogens is 211 g/mol. The second-order valence-electron chi connectivity index (χ2n) is 3.95. The van der Waals surface area contributed by atoms with Crippen molar-refractivity contribution in [2.75, 3.05) is 13.2 Å². The number of halogens is 1. The summed E-state index contributed by atoms with van der Waals surface area (Å²) in [6.45, 7) is 1.13. The summed E-state index contributed by atoms with van der Waals surface area (Å²) < 4.78 is 18.2. The first kappa shape index (κ1) is 11.1. The lowest BCUT2D eigenvalue weighted by Crippen LogP contribution is -2.23. The molecule has 86 valence electrons. The SMILES string of the molecule is O=C(c1cc(O)cc(F)c1)C1CCOCC1. The first-order chi connectivity index (χ1) is 7.66. The predicted octanol–water partition coefficient (Wildman–Crippen LogP) is 2.14. The van der Waals surface area contributed by atoms with Crippen LogP contribution >= 0.6 is 0 Å². The second-order valence-corrected chi connectivity index (χ2v) is 3.95. The van der Waals surface area contributed by atoms with Gasteiger partial charge in [0.25, 0.3) is 0 Å².